The van der Waals surface area contributed by atoms with Gasteiger partial charge in [-0.2, -0.15) is 15.3 Å². The third-order valence-electron chi connectivity index (χ3n) is 3.51. The molecular formula is C15H17N7O3. The van der Waals surface area contributed by atoms with Crippen molar-refractivity contribution >= 4 is 17.6 Å². The molecule has 0 aliphatic heterocycles. The molecule has 0 atom stereocenters. The molecule has 0 spiro atoms. The number of carboxylic acid groups (broad SMARTS) is 1. The summed E-state index contributed by atoms with van der Waals surface area (Å²) in [5.74, 6) is -1.46. The number of hydrogen-bond acceptors (Lipinski definition) is 5. The predicted octanol–water partition coefficient (Wildman–Crippen LogP) is 0.507. The molecule has 0 bridgehead atoms. The Kier molecular flexibility index (Phi) is 4.33. The van der Waals surface area contributed by atoms with Crippen LogP contribution in [0.25, 0.3) is 0 Å². The lowest BCUT2D eigenvalue weighted by atomic mass is 10.3. The number of carboxylic acids is 1. The third-order valence-corrected chi connectivity index (χ3v) is 3.51. The van der Waals surface area contributed by atoms with Crippen LogP contribution in [0.1, 0.15) is 21.7 Å². The van der Waals surface area contributed by atoms with Crippen molar-refractivity contribution < 1.29 is 14.7 Å². The van der Waals surface area contributed by atoms with Gasteiger partial charge in [0, 0.05) is 31.2 Å². The molecule has 3 aromatic heterocycles. The maximum absolute atomic E-state index is 12.2. The van der Waals surface area contributed by atoms with E-state index in [1.54, 1.807) is 15.6 Å². The van der Waals surface area contributed by atoms with Crippen molar-refractivity contribution in [2.24, 2.45) is 7.05 Å². The molecule has 2 N–H and O–H groups in total. The first kappa shape index (κ1) is 16.4. The van der Waals surface area contributed by atoms with Gasteiger partial charge in [0.05, 0.1) is 24.1 Å². The minimum Gasteiger partial charge on any atom is -0.480 e. The maximum Gasteiger partial charge on any atom is 0.325 e. The standard InChI is InChI=1S/C15H17N7O3/c1-10-11(6-20(2)18-10)7-22-8-12(5-16-22)17-15(25)13-3-4-21(19-13)9-14(23)24/h3-6,8H,7,9H2,1-2H3,(H,17,25)(H,23,24). The van der Waals surface area contributed by atoms with Crippen molar-refractivity contribution in [3.63, 3.8) is 0 Å². The zero-order chi connectivity index (χ0) is 18.0. The SMILES string of the molecule is Cc1nn(C)cc1Cn1cc(NC(=O)c2ccn(CC(=O)O)n2)cn1. The number of anilines is 1. The minimum absolute atomic E-state index is 0.136. The highest BCUT2D eigenvalue weighted by Crippen LogP contribution is 2.11. The van der Waals surface area contributed by atoms with Crippen LogP contribution in [-0.2, 0) is 24.9 Å². The molecule has 3 rings (SSSR count). The molecule has 10 nitrogen and oxygen atoms in total. The van der Waals surface area contributed by atoms with Crippen LogP contribution in [0.4, 0.5) is 5.69 Å². The number of carbonyl (C=O) groups is 2. The number of aromatic nitrogens is 6. The second-order valence-electron chi connectivity index (χ2n) is 5.59. The molecule has 3 aromatic rings. The van der Waals surface area contributed by atoms with Gasteiger partial charge in [0.15, 0.2) is 5.69 Å². The van der Waals surface area contributed by atoms with Gasteiger partial charge in [-0.25, -0.2) is 0 Å². The molecule has 3 heterocycles. The van der Waals surface area contributed by atoms with E-state index in [9.17, 15) is 9.59 Å². The normalized spacial score (nSPS) is 10.8. The molecule has 0 aromatic carbocycles. The molecule has 0 radical (unpaired) electrons. The van der Waals surface area contributed by atoms with Crippen LogP contribution in [0.3, 0.4) is 0 Å². The Morgan fingerprint density at radius 3 is 2.72 bits per heavy atom. The molecule has 0 aliphatic rings. The second-order valence-corrected chi connectivity index (χ2v) is 5.59. The Balaban J connectivity index is 1.64. The van der Waals surface area contributed by atoms with E-state index in [2.05, 4.69) is 20.6 Å². The third kappa shape index (κ3) is 3.91. The number of hydrogen-bond donors (Lipinski definition) is 2. The highest BCUT2D eigenvalue weighted by Gasteiger charge is 2.12. The first-order chi connectivity index (χ1) is 11.9. The van der Waals surface area contributed by atoms with Crippen molar-refractivity contribution in [1.29, 1.82) is 0 Å². The van der Waals surface area contributed by atoms with Crippen LogP contribution in [0, 0.1) is 6.92 Å². The Bertz CT molecular complexity index is 921. The van der Waals surface area contributed by atoms with Gasteiger partial charge in [-0.3, -0.25) is 23.6 Å². The van der Waals surface area contributed by atoms with Gasteiger partial charge in [0.25, 0.3) is 5.91 Å². The fourth-order valence-corrected chi connectivity index (χ4v) is 2.40. The van der Waals surface area contributed by atoms with Crippen molar-refractivity contribution in [1.82, 2.24) is 29.3 Å². The summed E-state index contributed by atoms with van der Waals surface area (Å²) in [5.41, 5.74) is 2.62. The number of nitrogens with zero attached hydrogens (tertiary/aromatic N) is 6. The molecule has 0 unspecified atom stereocenters. The average Bonchev–Trinajstić information content (AvgIpc) is 3.21. The molecule has 0 aliphatic carbocycles. The number of amides is 1. The molecular weight excluding hydrogens is 326 g/mol. The number of nitrogens with one attached hydrogen (secondary N) is 1. The number of aryl methyl sites for hydroxylation is 2. The van der Waals surface area contributed by atoms with E-state index < -0.39 is 11.9 Å². The lowest BCUT2D eigenvalue weighted by Gasteiger charge is -2.00. The van der Waals surface area contributed by atoms with E-state index in [4.69, 9.17) is 5.11 Å². The van der Waals surface area contributed by atoms with Crippen LogP contribution >= 0.6 is 0 Å². The number of carbonyl (C=O) groups excluding carboxylic acids is 1. The van der Waals surface area contributed by atoms with Gasteiger partial charge in [-0.1, -0.05) is 0 Å². The summed E-state index contributed by atoms with van der Waals surface area (Å²) < 4.78 is 4.62. The summed E-state index contributed by atoms with van der Waals surface area (Å²) in [5, 5.41) is 23.8. The molecule has 25 heavy (non-hydrogen) atoms. The smallest absolute Gasteiger partial charge is 0.325 e. The fraction of sp³-hybridized carbons (Fsp3) is 0.267. The number of rotatable bonds is 6. The van der Waals surface area contributed by atoms with Gasteiger partial charge in [-0.15, -0.1) is 0 Å². The monoisotopic (exact) mass is 343 g/mol. The van der Waals surface area contributed by atoms with Gasteiger partial charge < -0.3 is 10.4 Å². The summed E-state index contributed by atoms with van der Waals surface area (Å²) in [6, 6.07) is 1.46. The van der Waals surface area contributed by atoms with Crippen LogP contribution < -0.4 is 5.32 Å². The fourth-order valence-electron chi connectivity index (χ4n) is 2.40. The largest absolute Gasteiger partial charge is 0.480 e. The van der Waals surface area contributed by atoms with Crippen LogP contribution in [0.5, 0.6) is 0 Å². The summed E-state index contributed by atoms with van der Waals surface area (Å²) in [7, 11) is 1.86. The maximum atomic E-state index is 12.2. The van der Waals surface area contributed by atoms with Crippen LogP contribution in [0.2, 0.25) is 0 Å². The Hall–Kier alpha value is -3.43. The van der Waals surface area contributed by atoms with E-state index in [0.717, 1.165) is 11.3 Å². The van der Waals surface area contributed by atoms with Crippen LogP contribution in [0.15, 0.2) is 30.9 Å². The van der Waals surface area contributed by atoms with Gasteiger partial charge in [0.2, 0.25) is 0 Å². The van der Waals surface area contributed by atoms with E-state index >= 15 is 0 Å². The van der Waals surface area contributed by atoms with E-state index in [1.807, 2.05) is 20.2 Å². The van der Waals surface area contributed by atoms with Crippen molar-refractivity contribution in [3.05, 3.63) is 47.8 Å². The first-order valence-corrected chi connectivity index (χ1v) is 7.49. The zero-order valence-corrected chi connectivity index (χ0v) is 13.7. The predicted molar refractivity (Wildman–Crippen MR) is 87.1 cm³/mol. The van der Waals surface area contributed by atoms with Crippen molar-refractivity contribution in [3.8, 4) is 0 Å². The molecule has 130 valence electrons. The highest BCUT2D eigenvalue weighted by molar-refractivity contribution is 6.02. The summed E-state index contributed by atoms with van der Waals surface area (Å²) in [4.78, 5) is 22.8. The molecule has 1 amide bonds. The lowest BCUT2D eigenvalue weighted by Crippen LogP contribution is -2.14. The Morgan fingerprint density at radius 2 is 2.04 bits per heavy atom. The topological polar surface area (TPSA) is 120 Å². The molecule has 0 saturated carbocycles. The van der Waals surface area contributed by atoms with E-state index in [0.29, 0.717) is 12.2 Å². The van der Waals surface area contributed by atoms with E-state index in [1.165, 1.54) is 23.1 Å². The van der Waals surface area contributed by atoms with Gasteiger partial charge >= 0.3 is 5.97 Å². The molecule has 10 heteroatoms. The summed E-state index contributed by atoms with van der Waals surface area (Å²) in [6.07, 6.45) is 6.61. The molecule has 0 fully saturated rings. The Morgan fingerprint density at radius 1 is 1.24 bits per heavy atom. The van der Waals surface area contributed by atoms with Gasteiger partial charge in [0.1, 0.15) is 6.54 Å². The number of aliphatic carboxylic acids is 1. The van der Waals surface area contributed by atoms with Crippen LogP contribution in [-0.4, -0.2) is 46.3 Å². The summed E-state index contributed by atoms with van der Waals surface area (Å²) in [6.45, 7) is 2.17. The average molecular weight is 343 g/mol. The second kappa shape index (κ2) is 6.59. The quantitative estimate of drug-likeness (QED) is 0.673. The first-order valence-electron chi connectivity index (χ1n) is 7.49. The minimum atomic E-state index is -1.03. The Labute approximate surface area is 142 Å². The zero-order valence-electron chi connectivity index (χ0n) is 13.7. The lowest BCUT2D eigenvalue weighted by molar-refractivity contribution is -0.137. The molecule has 0 saturated heterocycles. The van der Waals surface area contributed by atoms with E-state index in [-0.39, 0.29) is 12.2 Å². The van der Waals surface area contributed by atoms with Gasteiger partial charge in [-0.05, 0) is 13.0 Å². The summed E-state index contributed by atoms with van der Waals surface area (Å²) >= 11 is 0. The highest BCUT2D eigenvalue weighted by atomic mass is 16.4. The van der Waals surface area contributed by atoms with Crippen molar-refractivity contribution in [2.45, 2.75) is 20.0 Å². The van der Waals surface area contributed by atoms with Crippen molar-refractivity contribution in [2.75, 3.05) is 5.32 Å².